The first-order chi connectivity index (χ1) is 15.7. The van der Waals surface area contributed by atoms with Gasteiger partial charge < -0.3 is 19.5 Å². The quantitative estimate of drug-likeness (QED) is 0.463. The van der Waals surface area contributed by atoms with Crippen LogP contribution < -0.4 is 19.7 Å². The minimum absolute atomic E-state index is 0.0313. The molecule has 8 heteroatoms. The van der Waals surface area contributed by atoms with E-state index in [2.05, 4.69) is 26.1 Å². The van der Waals surface area contributed by atoms with Gasteiger partial charge in [0.15, 0.2) is 19.0 Å². The van der Waals surface area contributed by atoms with E-state index in [4.69, 9.17) is 14.2 Å². The lowest BCUT2D eigenvalue weighted by Gasteiger charge is -2.29. The molecule has 2 amide bonds. The van der Waals surface area contributed by atoms with Crippen LogP contribution in [0.5, 0.6) is 11.5 Å². The number of fused-ring (bicyclic) bond motifs is 1. The third-order valence-electron chi connectivity index (χ3n) is 5.24. The number of carbonyl (C=O) groups excluding carboxylic acids is 3. The third-order valence-corrected chi connectivity index (χ3v) is 5.24. The second kappa shape index (κ2) is 10.5. The van der Waals surface area contributed by atoms with Gasteiger partial charge in [-0.1, -0.05) is 32.9 Å². The maximum absolute atomic E-state index is 12.8. The number of ketones is 1. The van der Waals surface area contributed by atoms with Crippen molar-refractivity contribution in [3.63, 3.8) is 0 Å². The Morgan fingerprint density at radius 1 is 1.12 bits per heavy atom. The normalized spacial score (nSPS) is 13.2. The lowest BCUT2D eigenvalue weighted by molar-refractivity contribution is -0.125. The molecule has 0 saturated carbocycles. The Bertz CT molecular complexity index is 1010. The van der Waals surface area contributed by atoms with Crippen LogP contribution in [0.3, 0.4) is 0 Å². The molecule has 33 heavy (non-hydrogen) atoms. The summed E-state index contributed by atoms with van der Waals surface area (Å²) in [4.78, 5) is 38.7. The molecular formula is C25H30N2O6. The smallest absolute Gasteiger partial charge is 0.265 e. The van der Waals surface area contributed by atoms with Crippen molar-refractivity contribution in [2.75, 3.05) is 44.9 Å². The highest BCUT2D eigenvalue weighted by molar-refractivity contribution is 6.04. The van der Waals surface area contributed by atoms with Crippen molar-refractivity contribution in [2.45, 2.75) is 26.2 Å². The number of hydrogen-bond donors (Lipinski definition) is 1. The van der Waals surface area contributed by atoms with Crippen LogP contribution in [0.15, 0.2) is 42.5 Å². The maximum atomic E-state index is 12.8. The molecule has 0 bridgehead atoms. The molecule has 176 valence electrons. The number of carbonyl (C=O) groups is 3. The number of nitrogens with zero attached hydrogens (tertiary/aromatic N) is 1. The molecule has 8 nitrogen and oxygen atoms in total. The van der Waals surface area contributed by atoms with E-state index in [1.165, 1.54) is 17.6 Å². The van der Waals surface area contributed by atoms with Crippen LogP contribution in [0.4, 0.5) is 5.69 Å². The topological polar surface area (TPSA) is 94.2 Å². The Labute approximate surface area is 193 Å². The Kier molecular flexibility index (Phi) is 7.71. The van der Waals surface area contributed by atoms with Crippen LogP contribution in [-0.4, -0.2) is 57.6 Å². The van der Waals surface area contributed by atoms with Gasteiger partial charge in [-0.05, 0) is 41.3 Å². The molecule has 2 aromatic carbocycles. The molecule has 0 aromatic heterocycles. The van der Waals surface area contributed by atoms with Gasteiger partial charge in [-0.15, -0.1) is 0 Å². The summed E-state index contributed by atoms with van der Waals surface area (Å²) in [5.74, 6) is 0.105. The minimum Gasteiger partial charge on any atom is -0.485 e. The number of Topliss-reactive ketones (excluding diaryl/α,β-unsaturated/α-hetero) is 1. The van der Waals surface area contributed by atoms with E-state index in [1.807, 2.05) is 24.3 Å². The molecule has 0 aliphatic carbocycles. The van der Waals surface area contributed by atoms with Gasteiger partial charge in [0, 0.05) is 19.2 Å². The van der Waals surface area contributed by atoms with E-state index < -0.39 is 0 Å². The molecule has 1 N–H and O–H groups in total. The molecular weight excluding hydrogens is 424 g/mol. The summed E-state index contributed by atoms with van der Waals surface area (Å²) in [7, 11) is 1.54. The zero-order valence-electron chi connectivity index (χ0n) is 19.5. The van der Waals surface area contributed by atoms with Crippen molar-refractivity contribution in [1.82, 2.24) is 5.32 Å². The first kappa shape index (κ1) is 24.3. The lowest BCUT2D eigenvalue weighted by atomic mass is 9.87. The molecule has 0 saturated heterocycles. The van der Waals surface area contributed by atoms with Crippen molar-refractivity contribution in [1.29, 1.82) is 0 Å². The number of hydrogen-bond acceptors (Lipinski definition) is 6. The number of methoxy groups -OCH3 is 1. The fourth-order valence-electron chi connectivity index (χ4n) is 3.32. The first-order valence-electron chi connectivity index (χ1n) is 10.8. The number of nitrogens with one attached hydrogen (secondary N) is 1. The van der Waals surface area contributed by atoms with Gasteiger partial charge in [0.05, 0.1) is 12.3 Å². The highest BCUT2D eigenvalue weighted by atomic mass is 16.5. The fraction of sp³-hybridized carbons (Fsp3) is 0.400. The van der Waals surface area contributed by atoms with Gasteiger partial charge in [-0.25, -0.2) is 0 Å². The average Bonchev–Trinajstić information content (AvgIpc) is 2.79. The zero-order chi connectivity index (χ0) is 24.0. The van der Waals surface area contributed by atoms with Gasteiger partial charge in [0.1, 0.15) is 18.0 Å². The van der Waals surface area contributed by atoms with Crippen LogP contribution in [-0.2, 0) is 19.7 Å². The highest BCUT2D eigenvalue weighted by Gasteiger charge is 2.28. The first-order valence-corrected chi connectivity index (χ1v) is 10.8. The summed E-state index contributed by atoms with van der Waals surface area (Å²) in [6.07, 6.45) is 0. The Morgan fingerprint density at radius 3 is 2.52 bits per heavy atom. The molecule has 3 rings (SSSR count). The van der Waals surface area contributed by atoms with E-state index in [1.54, 1.807) is 18.2 Å². The van der Waals surface area contributed by atoms with Crippen LogP contribution in [0.25, 0.3) is 0 Å². The van der Waals surface area contributed by atoms with E-state index in [9.17, 15) is 14.4 Å². The average molecular weight is 455 g/mol. The van der Waals surface area contributed by atoms with Gasteiger partial charge in [0.2, 0.25) is 5.91 Å². The predicted molar refractivity (Wildman–Crippen MR) is 124 cm³/mol. The minimum atomic E-state index is -0.357. The molecule has 2 aromatic rings. The summed E-state index contributed by atoms with van der Waals surface area (Å²) in [5.41, 5.74) is 1.95. The predicted octanol–water partition coefficient (Wildman–Crippen LogP) is 2.73. The number of anilines is 1. The van der Waals surface area contributed by atoms with Crippen LogP contribution in [0.1, 0.15) is 36.7 Å². The summed E-state index contributed by atoms with van der Waals surface area (Å²) in [6.45, 7) is 6.60. The van der Waals surface area contributed by atoms with Crippen LogP contribution in [0.2, 0.25) is 0 Å². The van der Waals surface area contributed by atoms with E-state index in [0.29, 0.717) is 35.9 Å². The summed E-state index contributed by atoms with van der Waals surface area (Å²) < 4.78 is 16.0. The summed E-state index contributed by atoms with van der Waals surface area (Å²) >= 11 is 0. The molecule has 0 unspecified atom stereocenters. The fourth-order valence-corrected chi connectivity index (χ4v) is 3.32. The monoisotopic (exact) mass is 454 g/mol. The zero-order valence-corrected chi connectivity index (χ0v) is 19.5. The molecule has 1 aliphatic rings. The van der Waals surface area contributed by atoms with Crippen LogP contribution >= 0.6 is 0 Å². The summed E-state index contributed by atoms with van der Waals surface area (Å²) in [6, 6.07) is 12.5. The van der Waals surface area contributed by atoms with Crippen LogP contribution in [0, 0.1) is 0 Å². The molecule has 0 radical (unpaired) electrons. The second-order valence-corrected chi connectivity index (χ2v) is 8.78. The SMILES string of the molecule is COCCNC(=O)CN1C(=O)COc2ccc(C(=O)COc3ccc(C(C)(C)C)cc3)cc21. The number of amides is 2. The standard InChI is InChI=1S/C25H30N2O6/c1-25(2,3)18-6-8-19(9-7-18)32-15-21(28)17-5-10-22-20(13-17)27(24(30)16-33-22)14-23(29)26-11-12-31-4/h5-10,13H,11-12,14-16H2,1-4H3,(H,26,29). The third kappa shape index (κ3) is 6.32. The van der Waals surface area contributed by atoms with Gasteiger partial charge in [-0.3, -0.25) is 19.3 Å². The number of ether oxygens (including phenoxy) is 3. The molecule has 0 atom stereocenters. The Balaban J connectivity index is 1.68. The maximum Gasteiger partial charge on any atom is 0.265 e. The largest absolute Gasteiger partial charge is 0.485 e. The Hall–Kier alpha value is -3.39. The lowest BCUT2D eigenvalue weighted by Crippen LogP contribution is -2.45. The van der Waals surface area contributed by atoms with Crippen molar-refractivity contribution < 1.29 is 28.6 Å². The number of benzene rings is 2. The second-order valence-electron chi connectivity index (χ2n) is 8.78. The Morgan fingerprint density at radius 2 is 1.85 bits per heavy atom. The van der Waals surface area contributed by atoms with Crippen molar-refractivity contribution in [2.24, 2.45) is 0 Å². The van der Waals surface area contributed by atoms with Crippen molar-refractivity contribution >= 4 is 23.3 Å². The number of rotatable bonds is 9. The molecule has 0 fully saturated rings. The summed E-state index contributed by atoms with van der Waals surface area (Å²) in [5, 5.41) is 2.69. The van der Waals surface area contributed by atoms with Gasteiger partial charge in [-0.2, -0.15) is 0 Å². The highest BCUT2D eigenvalue weighted by Crippen LogP contribution is 2.33. The van der Waals surface area contributed by atoms with Gasteiger partial charge >= 0.3 is 0 Å². The van der Waals surface area contributed by atoms with E-state index in [-0.39, 0.29) is 42.8 Å². The molecule has 1 heterocycles. The van der Waals surface area contributed by atoms with E-state index >= 15 is 0 Å². The van der Waals surface area contributed by atoms with Crippen molar-refractivity contribution in [3.8, 4) is 11.5 Å². The van der Waals surface area contributed by atoms with Gasteiger partial charge in [0.25, 0.3) is 5.91 Å². The molecule has 1 aliphatic heterocycles. The van der Waals surface area contributed by atoms with Crippen molar-refractivity contribution in [3.05, 3.63) is 53.6 Å². The molecule has 0 spiro atoms. The van der Waals surface area contributed by atoms with E-state index in [0.717, 1.165) is 0 Å².